The summed E-state index contributed by atoms with van der Waals surface area (Å²) in [5.41, 5.74) is 1.10. The van der Waals surface area contributed by atoms with Gasteiger partial charge in [0.2, 0.25) is 6.79 Å². The summed E-state index contributed by atoms with van der Waals surface area (Å²) in [6.45, 7) is -0.258. The van der Waals surface area contributed by atoms with E-state index in [1.807, 2.05) is 0 Å². The molecule has 0 atom stereocenters. The lowest BCUT2D eigenvalue weighted by Gasteiger charge is -2.31. The van der Waals surface area contributed by atoms with E-state index < -0.39 is 18.6 Å². The first-order chi connectivity index (χ1) is 14.3. The molecule has 30 heavy (non-hydrogen) atoms. The highest BCUT2D eigenvalue weighted by molar-refractivity contribution is 5.95. The minimum atomic E-state index is -4.48. The number of nitrogens with one attached hydrogen (secondary N) is 2. The van der Waals surface area contributed by atoms with Crippen molar-refractivity contribution in [1.82, 2.24) is 20.4 Å². The topological polar surface area (TPSA) is 96.5 Å². The van der Waals surface area contributed by atoms with Crippen molar-refractivity contribution in [1.29, 1.82) is 0 Å². The number of H-pyrrole nitrogens is 1. The molecule has 2 aliphatic heterocycles. The molecule has 2 N–H and O–H groups in total. The van der Waals surface area contributed by atoms with Gasteiger partial charge in [-0.3, -0.25) is 14.7 Å². The molecule has 0 radical (unpaired) electrons. The van der Waals surface area contributed by atoms with Crippen molar-refractivity contribution < 1.29 is 32.2 Å². The number of aromatic amines is 1. The fraction of sp³-hybridized carbons (Fsp3) is 0.421. The summed E-state index contributed by atoms with van der Waals surface area (Å²) in [6, 6.07) is 6.53. The number of hydrogen-bond donors (Lipinski definition) is 2. The first kappa shape index (κ1) is 20.0. The highest BCUT2D eigenvalue weighted by Gasteiger charge is 2.30. The molecule has 160 valence electrons. The fourth-order valence-electron chi connectivity index (χ4n) is 3.54. The lowest BCUT2D eigenvalue weighted by Crippen LogP contribution is -2.38. The maximum Gasteiger partial charge on any atom is 0.405 e. The number of hydrogen-bond acceptors (Lipinski definition) is 5. The maximum absolute atomic E-state index is 12.8. The second-order valence-electron chi connectivity index (χ2n) is 7.14. The number of amides is 2. The van der Waals surface area contributed by atoms with Crippen molar-refractivity contribution >= 4 is 11.8 Å². The van der Waals surface area contributed by atoms with Gasteiger partial charge in [0.15, 0.2) is 11.5 Å². The van der Waals surface area contributed by atoms with Gasteiger partial charge in [0.1, 0.15) is 12.2 Å². The van der Waals surface area contributed by atoms with Gasteiger partial charge in [-0.25, -0.2) is 0 Å². The molecule has 1 aromatic heterocycles. The summed E-state index contributed by atoms with van der Waals surface area (Å²) in [7, 11) is 0. The van der Waals surface area contributed by atoms with E-state index >= 15 is 0 Å². The zero-order chi connectivity index (χ0) is 21.3. The van der Waals surface area contributed by atoms with E-state index in [9.17, 15) is 22.8 Å². The summed E-state index contributed by atoms with van der Waals surface area (Å²) in [4.78, 5) is 26.3. The van der Waals surface area contributed by atoms with E-state index in [0.717, 1.165) is 0 Å². The van der Waals surface area contributed by atoms with Crippen LogP contribution in [-0.4, -0.2) is 59.5 Å². The van der Waals surface area contributed by atoms with Gasteiger partial charge in [-0.05, 0) is 37.1 Å². The predicted octanol–water partition coefficient (Wildman–Crippen LogP) is 2.45. The molecule has 1 aromatic carbocycles. The van der Waals surface area contributed by atoms with Gasteiger partial charge in [-0.2, -0.15) is 18.3 Å². The molecule has 0 aliphatic carbocycles. The largest absolute Gasteiger partial charge is 0.454 e. The van der Waals surface area contributed by atoms with Crippen molar-refractivity contribution in [3.8, 4) is 11.5 Å². The number of aromatic nitrogens is 2. The predicted molar refractivity (Wildman–Crippen MR) is 97.4 cm³/mol. The molecule has 0 unspecified atom stereocenters. The minimum absolute atomic E-state index is 0.0301. The number of ether oxygens (including phenoxy) is 2. The molecule has 2 aromatic rings. The Balaban J connectivity index is 1.33. The van der Waals surface area contributed by atoms with E-state index in [4.69, 9.17) is 9.47 Å². The number of likely N-dealkylation sites (tertiary alicyclic amines) is 1. The Morgan fingerprint density at radius 3 is 2.63 bits per heavy atom. The lowest BCUT2D eigenvalue weighted by atomic mass is 9.93. The Bertz CT molecular complexity index is 951. The van der Waals surface area contributed by atoms with E-state index in [1.54, 1.807) is 28.4 Å². The summed E-state index contributed by atoms with van der Waals surface area (Å²) < 4.78 is 47.2. The van der Waals surface area contributed by atoms with Crippen LogP contribution in [0.1, 0.15) is 45.3 Å². The Morgan fingerprint density at radius 2 is 1.90 bits per heavy atom. The molecule has 2 aliphatic rings. The lowest BCUT2D eigenvalue weighted by molar-refractivity contribution is -0.123. The summed E-state index contributed by atoms with van der Waals surface area (Å²) in [5.74, 6) is 0.195. The first-order valence-electron chi connectivity index (χ1n) is 9.39. The van der Waals surface area contributed by atoms with Crippen LogP contribution in [0.2, 0.25) is 0 Å². The molecule has 0 saturated carbocycles. The van der Waals surface area contributed by atoms with Gasteiger partial charge >= 0.3 is 6.18 Å². The minimum Gasteiger partial charge on any atom is -0.454 e. The van der Waals surface area contributed by atoms with Crippen molar-refractivity contribution in [2.24, 2.45) is 0 Å². The number of benzene rings is 1. The second-order valence-corrected chi connectivity index (χ2v) is 7.14. The van der Waals surface area contributed by atoms with Gasteiger partial charge in [-0.1, -0.05) is 0 Å². The van der Waals surface area contributed by atoms with Crippen molar-refractivity contribution in [2.45, 2.75) is 24.9 Å². The van der Waals surface area contributed by atoms with Gasteiger partial charge in [0, 0.05) is 30.3 Å². The molecule has 1 fully saturated rings. The zero-order valence-corrected chi connectivity index (χ0v) is 15.8. The number of piperidine rings is 1. The molecule has 1 saturated heterocycles. The van der Waals surface area contributed by atoms with Crippen molar-refractivity contribution in [3.63, 3.8) is 0 Å². The van der Waals surface area contributed by atoms with Crippen LogP contribution in [0.25, 0.3) is 0 Å². The van der Waals surface area contributed by atoms with Gasteiger partial charge in [-0.15, -0.1) is 0 Å². The van der Waals surface area contributed by atoms with Crippen molar-refractivity contribution in [2.75, 3.05) is 26.4 Å². The Labute approximate surface area is 169 Å². The first-order valence-corrected chi connectivity index (χ1v) is 9.39. The summed E-state index contributed by atoms with van der Waals surface area (Å²) in [6.07, 6.45) is -3.20. The van der Waals surface area contributed by atoms with Gasteiger partial charge in [0.25, 0.3) is 11.8 Å². The Kier molecular flexibility index (Phi) is 5.27. The summed E-state index contributed by atoms with van der Waals surface area (Å²) >= 11 is 0. The van der Waals surface area contributed by atoms with Crippen LogP contribution in [0, 0.1) is 0 Å². The van der Waals surface area contributed by atoms with Crippen LogP contribution in [0.3, 0.4) is 0 Å². The van der Waals surface area contributed by atoms with Crippen LogP contribution >= 0.6 is 0 Å². The number of alkyl halides is 3. The molecule has 4 rings (SSSR count). The van der Waals surface area contributed by atoms with E-state index in [1.165, 1.54) is 6.07 Å². The number of fused-ring (bicyclic) bond motifs is 1. The van der Waals surface area contributed by atoms with Crippen LogP contribution in [0.15, 0.2) is 24.3 Å². The molecule has 0 spiro atoms. The quantitative estimate of drug-likeness (QED) is 0.786. The Morgan fingerprint density at radius 1 is 1.17 bits per heavy atom. The molecular formula is C19H19F3N4O4. The van der Waals surface area contributed by atoms with E-state index in [0.29, 0.717) is 48.7 Å². The highest BCUT2D eigenvalue weighted by Crippen LogP contribution is 2.33. The molecular weight excluding hydrogens is 405 g/mol. The monoisotopic (exact) mass is 424 g/mol. The maximum atomic E-state index is 12.8. The number of halogens is 3. The van der Waals surface area contributed by atoms with E-state index in [2.05, 4.69) is 10.2 Å². The molecule has 11 heteroatoms. The highest BCUT2D eigenvalue weighted by atomic mass is 19.4. The molecule has 8 nitrogen and oxygen atoms in total. The third-order valence-electron chi connectivity index (χ3n) is 5.12. The normalized spacial score (nSPS) is 16.6. The third-order valence-corrected chi connectivity index (χ3v) is 5.12. The Hall–Kier alpha value is -3.24. The van der Waals surface area contributed by atoms with Crippen LogP contribution in [0.4, 0.5) is 13.2 Å². The number of nitrogens with zero attached hydrogens (tertiary/aromatic N) is 2. The van der Waals surface area contributed by atoms with E-state index in [-0.39, 0.29) is 24.3 Å². The van der Waals surface area contributed by atoms with Gasteiger partial charge in [0.05, 0.1) is 0 Å². The van der Waals surface area contributed by atoms with Gasteiger partial charge < -0.3 is 19.7 Å². The summed E-state index contributed by atoms with van der Waals surface area (Å²) in [5, 5.41) is 8.34. The van der Waals surface area contributed by atoms with Crippen molar-refractivity contribution in [3.05, 3.63) is 41.2 Å². The standard InChI is InChI=1S/C19H19F3N4O4/c20-19(21,22)9-23-17(27)14-8-13(24-25-14)11-3-5-26(6-4-11)18(28)12-1-2-15-16(7-12)30-10-29-15/h1-2,7-8,11H,3-6,9-10H2,(H,23,27)(H,24,25). The SMILES string of the molecule is O=C(NCC(F)(F)F)c1cc(C2CCN(C(=O)c3ccc4c(c3)OCO4)CC2)[nH]n1. The second kappa shape index (κ2) is 7.88. The number of carbonyl (C=O) groups is 2. The number of carbonyl (C=O) groups excluding carboxylic acids is 2. The molecule has 0 bridgehead atoms. The third kappa shape index (κ3) is 4.34. The van der Waals surface area contributed by atoms with Crippen LogP contribution in [-0.2, 0) is 0 Å². The molecule has 3 heterocycles. The number of rotatable bonds is 4. The van der Waals surface area contributed by atoms with Crippen LogP contribution in [0.5, 0.6) is 11.5 Å². The average Bonchev–Trinajstić information content (AvgIpc) is 3.40. The van der Waals surface area contributed by atoms with Crippen LogP contribution < -0.4 is 14.8 Å². The zero-order valence-electron chi connectivity index (χ0n) is 15.8. The fourth-order valence-corrected chi connectivity index (χ4v) is 3.54. The smallest absolute Gasteiger partial charge is 0.405 e. The average molecular weight is 424 g/mol. The molecule has 2 amide bonds.